The van der Waals surface area contributed by atoms with E-state index in [0.717, 1.165) is 28.5 Å². The highest BCUT2D eigenvalue weighted by Crippen LogP contribution is 2.32. The Morgan fingerprint density at radius 1 is 1.06 bits per heavy atom. The van der Waals surface area contributed by atoms with Gasteiger partial charge in [0.1, 0.15) is 18.2 Å². The average Bonchev–Trinajstić information content (AvgIpc) is 3.09. The Hall–Kier alpha value is -1.79. The lowest BCUT2D eigenvalue weighted by Crippen LogP contribution is -2.07. The van der Waals surface area contributed by atoms with Gasteiger partial charge in [-0.15, -0.1) is 0 Å². The Morgan fingerprint density at radius 3 is 2.45 bits per heavy atom. The standard InChI is InChI=1S/C23H13BrFI2NO3/c24-16-7-3-1-5-14(16)12-30-21-18(26)9-13(10-19(21)27)11-20-23(29)31-22(28-20)15-6-2-4-8-17(15)25/h1-11H,12H2/b20-11-. The van der Waals surface area contributed by atoms with E-state index in [1.54, 1.807) is 18.2 Å². The van der Waals surface area contributed by atoms with E-state index in [0.29, 0.717) is 6.61 Å². The van der Waals surface area contributed by atoms with Crippen LogP contribution in [0.3, 0.4) is 0 Å². The molecule has 31 heavy (non-hydrogen) atoms. The highest BCUT2D eigenvalue weighted by molar-refractivity contribution is 14.1. The molecule has 1 aliphatic rings. The predicted octanol–water partition coefficient (Wildman–Crippen LogP) is 6.72. The zero-order valence-electron chi connectivity index (χ0n) is 15.7. The van der Waals surface area contributed by atoms with Crippen molar-refractivity contribution in [3.05, 3.63) is 100 Å². The molecular formula is C23H13BrFI2NO3. The number of nitrogens with zero attached hydrogens (tertiary/aromatic N) is 1. The molecule has 0 N–H and O–H groups in total. The van der Waals surface area contributed by atoms with Crippen LogP contribution in [0.5, 0.6) is 5.75 Å². The Morgan fingerprint density at radius 2 is 1.74 bits per heavy atom. The summed E-state index contributed by atoms with van der Waals surface area (Å²) in [7, 11) is 0. The van der Waals surface area contributed by atoms with Gasteiger partial charge in [0.25, 0.3) is 0 Å². The molecule has 0 bridgehead atoms. The minimum atomic E-state index is -0.613. The monoisotopic (exact) mass is 703 g/mol. The number of halogens is 4. The minimum absolute atomic E-state index is 0.0351. The van der Waals surface area contributed by atoms with Crippen LogP contribution >= 0.6 is 61.1 Å². The molecule has 0 aromatic heterocycles. The average molecular weight is 704 g/mol. The summed E-state index contributed by atoms with van der Waals surface area (Å²) in [5.74, 6) is -0.376. The molecule has 0 saturated heterocycles. The number of aliphatic imine (C=N–C) groups is 1. The van der Waals surface area contributed by atoms with E-state index in [4.69, 9.17) is 9.47 Å². The fraction of sp³-hybridized carbons (Fsp3) is 0.0435. The number of esters is 1. The summed E-state index contributed by atoms with van der Waals surface area (Å²) in [6.45, 7) is 0.427. The maximum absolute atomic E-state index is 14.0. The first kappa shape index (κ1) is 22.4. The third-order valence-corrected chi connectivity index (χ3v) is 6.75. The largest absolute Gasteiger partial charge is 0.487 e. The Bertz CT molecular complexity index is 1220. The zero-order chi connectivity index (χ0) is 22.0. The molecule has 0 radical (unpaired) electrons. The number of carbonyl (C=O) groups is 1. The summed E-state index contributed by atoms with van der Waals surface area (Å²) in [5, 5.41) is 0. The molecule has 3 aromatic carbocycles. The number of hydrogen-bond acceptors (Lipinski definition) is 4. The molecule has 0 saturated carbocycles. The number of ether oxygens (including phenoxy) is 2. The van der Waals surface area contributed by atoms with Gasteiger partial charge in [0.05, 0.1) is 12.7 Å². The molecule has 1 heterocycles. The van der Waals surface area contributed by atoms with E-state index in [1.807, 2.05) is 36.4 Å². The molecule has 4 rings (SSSR count). The molecule has 0 unspecified atom stereocenters. The van der Waals surface area contributed by atoms with E-state index in [1.165, 1.54) is 12.1 Å². The Kier molecular flexibility index (Phi) is 7.07. The Balaban J connectivity index is 1.58. The van der Waals surface area contributed by atoms with Crippen molar-refractivity contribution in [3.63, 3.8) is 0 Å². The number of hydrogen-bond donors (Lipinski definition) is 0. The van der Waals surface area contributed by atoms with Gasteiger partial charge in [0, 0.05) is 10.0 Å². The lowest BCUT2D eigenvalue weighted by atomic mass is 10.2. The molecule has 156 valence electrons. The van der Waals surface area contributed by atoms with Crippen LogP contribution in [0.15, 0.2) is 75.8 Å². The summed E-state index contributed by atoms with van der Waals surface area (Å²) >= 11 is 7.93. The number of benzene rings is 3. The normalized spacial score (nSPS) is 14.5. The molecule has 0 fully saturated rings. The van der Waals surface area contributed by atoms with Crippen molar-refractivity contribution in [2.75, 3.05) is 0 Å². The van der Waals surface area contributed by atoms with Gasteiger partial charge in [-0.25, -0.2) is 14.2 Å². The first-order valence-corrected chi connectivity index (χ1v) is 12.0. The quantitative estimate of drug-likeness (QED) is 0.169. The number of carbonyl (C=O) groups excluding carboxylic acids is 1. The van der Waals surface area contributed by atoms with Gasteiger partial charge >= 0.3 is 5.97 Å². The van der Waals surface area contributed by atoms with E-state index < -0.39 is 11.8 Å². The van der Waals surface area contributed by atoms with Gasteiger partial charge in [-0.05, 0) is 87.2 Å². The SMILES string of the molecule is O=C1OC(c2ccccc2F)=N/C1=C\c1cc(I)c(OCc2ccccc2Br)c(I)c1. The van der Waals surface area contributed by atoms with E-state index >= 15 is 0 Å². The molecule has 4 nitrogen and oxygen atoms in total. The molecule has 0 atom stereocenters. The molecule has 3 aromatic rings. The van der Waals surface area contributed by atoms with Crippen LogP contribution in [0, 0.1) is 13.0 Å². The number of cyclic esters (lactones) is 1. The first-order valence-electron chi connectivity index (χ1n) is 9.05. The maximum Gasteiger partial charge on any atom is 0.363 e. The van der Waals surface area contributed by atoms with Gasteiger partial charge < -0.3 is 9.47 Å². The summed E-state index contributed by atoms with van der Waals surface area (Å²) in [6, 6.07) is 17.7. The summed E-state index contributed by atoms with van der Waals surface area (Å²) < 4.78 is 28.0. The second-order valence-electron chi connectivity index (χ2n) is 6.51. The summed E-state index contributed by atoms with van der Waals surface area (Å²) in [5.41, 5.74) is 2.09. The van der Waals surface area contributed by atoms with Crippen LogP contribution in [0.4, 0.5) is 4.39 Å². The fourth-order valence-electron chi connectivity index (χ4n) is 2.88. The van der Waals surface area contributed by atoms with Crippen LogP contribution in [-0.4, -0.2) is 11.9 Å². The highest BCUT2D eigenvalue weighted by atomic mass is 127. The smallest absolute Gasteiger partial charge is 0.363 e. The number of rotatable bonds is 5. The van der Waals surface area contributed by atoms with Crippen LogP contribution in [-0.2, 0) is 16.1 Å². The van der Waals surface area contributed by atoms with Gasteiger partial charge in [-0.3, -0.25) is 0 Å². The lowest BCUT2D eigenvalue weighted by molar-refractivity contribution is -0.129. The van der Waals surface area contributed by atoms with E-state index in [-0.39, 0.29) is 17.2 Å². The molecule has 1 aliphatic heterocycles. The van der Waals surface area contributed by atoms with Crippen molar-refractivity contribution in [1.29, 1.82) is 0 Å². The van der Waals surface area contributed by atoms with E-state index in [9.17, 15) is 9.18 Å². The van der Waals surface area contributed by atoms with Crippen molar-refractivity contribution in [1.82, 2.24) is 0 Å². The van der Waals surface area contributed by atoms with Crippen molar-refractivity contribution in [2.45, 2.75) is 6.61 Å². The van der Waals surface area contributed by atoms with Crippen LogP contribution < -0.4 is 4.74 Å². The molecule has 8 heteroatoms. The maximum atomic E-state index is 14.0. The predicted molar refractivity (Wildman–Crippen MR) is 137 cm³/mol. The van der Waals surface area contributed by atoms with Gasteiger partial charge in [-0.1, -0.05) is 46.3 Å². The molecule has 0 amide bonds. The third kappa shape index (κ3) is 5.17. The van der Waals surface area contributed by atoms with Crippen molar-refractivity contribution < 1.29 is 18.7 Å². The van der Waals surface area contributed by atoms with Crippen LogP contribution in [0.2, 0.25) is 0 Å². The van der Waals surface area contributed by atoms with Crippen molar-refractivity contribution >= 4 is 79.1 Å². The first-order chi connectivity index (χ1) is 14.9. The van der Waals surface area contributed by atoms with Crippen LogP contribution in [0.25, 0.3) is 6.08 Å². The topological polar surface area (TPSA) is 47.9 Å². The second kappa shape index (κ2) is 9.78. The van der Waals surface area contributed by atoms with Gasteiger partial charge in [-0.2, -0.15) is 0 Å². The molecule has 0 aliphatic carbocycles. The zero-order valence-corrected chi connectivity index (χ0v) is 21.6. The second-order valence-corrected chi connectivity index (χ2v) is 9.69. The summed E-state index contributed by atoms with van der Waals surface area (Å²) in [6.07, 6.45) is 1.62. The van der Waals surface area contributed by atoms with Crippen LogP contribution in [0.1, 0.15) is 16.7 Å². The van der Waals surface area contributed by atoms with E-state index in [2.05, 4.69) is 66.1 Å². The summed E-state index contributed by atoms with van der Waals surface area (Å²) in [4.78, 5) is 16.4. The van der Waals surface area contributed by atoms with Gasteiger partial charge in [0.2, 0.25) is 5.90 Å². The lowest BCUT2D eigenvalue weighted by Gasteiger charge is -2.12. The van der Waals surface area contributed by atoms with Crippen molar-refractivity contribution in [2.24, 2.45) is 4.99 Å². The molecule has 0 spiro atoms. The van der Waals surface area contributed by atoms with Crippen molar-refractivity contribution in [3.8, 4) is 5.75 Å². The minimum Gasteiger partial charge on any atom is -0.487 e. The Labute approximate surface area is 214 Å². The fourth-order valence-corrected chi connectivity index (χ4v) is 5.41. The third-order valence-electron chi connectivity index (χ3n) is 4.38. The highest BCUT2D eigenvalue weighted by Gasteiger charge is 2.26. The van der Waals surface area contributed by atoms with Gasteiger partial charge in [0.15, 0.2) is 5.70 Å². The molecular weight excluding hydrogens is 691 g/mol.